The summed E-state index contributed by atoms with van der Waals surface area (Å²) in [4.78, 5) is 0. The fourth-order valence-electron chi connectivity index (χ4n) is 4.46. The van der Waals surface area contributed by atoms with Crippen molar-refractivity contribution < 1.29 is 26.4 Å². The smallest absolute Gasteiger partial charge is 0.221 e. The first-order valence-corrected chi connectivity index (χ1v) is 18.3. The summed E-state index contributed by atoms with van der Waals surface area (Å²) in [6.45, 7) is 0. The van der Waals surface area contributed by atoms with Crippen molar-refractivity contribution in [3.8, 4) is 0 Å². The van der Waals surface area contributed by atoms with E-state index in [1.807, 2.05) is 30.3 Å². The lowest BCUT2D eigenvalue weighted by Gasteiger charge is -2.00. The van der Waals surface area contributed by atoms with Crippen molar-refractivity contribution in [2.24, 2.45) is 0 Å². The largest absolute Gasteiger partial charge is 0.425 e. The molecular formula is C36H35Cl4F3N6O3. The van der Waals surface area contributed by atoms with E-state index in [-0.39, 0.29) is 12.2 Å². The third-order valence-corrected chi connectivity index (χ3v) is 8.16. The molecule has 0 unspecified atom stereocenters. The second kappa shape index (κ2) is 22.2. The Morgan fingerprint density at radius 1 is 0.481 bits per heavy atom. The molecular weight excluding hydrogens is 763 g/mol. The van der Waals surface area contributed by atoms with Crippen LogP contribution in [0.25, 0.3) is 0 Å². The quantitative estimate of drug-likeness (QED) is 0.0937. The summed E-state index contributed by atoms with van der Waals surface area (Å²) in [5.74, 6) is 3.26. The number of alkyl halides is 3. The molecule has 0 fully saturated rings. The van der Waals surface area contributed by atoms with Crippen LogP contribution in [0.5, 0.6) is 0 Å². The van der Waals surface area contributed by atoms with Gasteiger partial charge in [0, 0.05) is 48.0 Å². The molecule has 3 heterocycles. The second-order valence-corrected chi connectivity index (χ2v) is 12.7. The molecule has 0 bridgehead atoms. The van der Waals surface area contributed by atoms with Gasteiger partial charge in [-0.1, -0.05) is 54.1 Å². The summed E-state index contributed by atoms with van der Waals surface area (Å²) in [6.07, 6.45) is 5.66. The first-order chi connectivity index (χ1) is 25.3. The first-order valence-electron chi connectivity index (χ1n) is 16.3. The molecule has 0 aliphatic carbocycles. The van der Waals surface area contributed by atoms with E-state index in [0.717, 1.165) is 37.3 Å². The van der Waals surface area contributed by atoms with Crippen molar-refractivity contribution in [2.75, 3.05) is 17.6 Å². The van der Waals surface area contributed by atoms with Crippen LogP contribution < -0.4 is 0 Å². The Morgan fingerprint density at radius 3 is 1.37 bits per heavy atom. The highest BCUT2D eigenvalue weighted by Gasteiger charge is 2.12. The SMILES string of the molecule is ClCCCc1nnc(Cc2ccccc2)o1.Fc1ccc(Cc2nnc(CCCCl)o2)c(Cl)c1.Fc1ccc(Cc2nnc(CCCCl)o2)c(F)c1. The molecule has 16 heteroatoms. The lowest BCUT2D eigenvalue weighted by Crippen LogP contribution is -1.93. The minimum Gasteiger partial charge on any atom is -0.425 e. The summed E-state index contributed by atoms with van der Waals surface area (Å²) >= 11 is 22.7. The van der Waals surface area contributed by atoms with Crippen molar-refractivity contribution in [3.05, 3.63) is 141 Å². The lowest BCUT2D eigenvalue weighted by molar-refractivity contribution is 0.452. The number of hydrogen-bond acceptors (Lipinski definition) is 9. The van der Waals surface area contributed by atoms with Crippen LogP contribution in [0.3, 0.4) is 0 Å². The standard InChI is InChI=1S/C12H11Cl2FN2O.C12H11ClF2N2O.C12H13ClN2O/c13-5-1-2-11-16-17-12(18-11)6-8-3-4-9(15)7-10(8)14;13-5-1-2-11-16-17-12(18-11)6-8-3-4-9(14)7-10(8)15;13-8-4-7-11-14-15-12(16-11)9-10-5-2-1-3-6-10/h2*3-4,7H,1-2,5-6H2;1-3,5-6H,4,7-9H2. The number of nitrogens with zero attached hydrogens (tertiary/aromatic N) is 6. The number of aryl methyl sites for hydroxylation is 3. The fraction of sp³-hybridized carbons (Fsp3) is 0.333. The van der Waals surface area contributed by atoms with Gasteiger partial charge in [0.15, 0.2) is 0 Å². The average Bonchev–Trinajstić information content (AvgIpc) is 3.91. The van der Waals surface area contributed by atoms with Crippen molar-refractivity contribution >= 4 is 46.4 Å². The highest BCUT2D eigenvalue weighted by molar-refractivity contribution is 6.31. The molecule has 0 amide bonds. The van der Waals surface area contributed by atoms with Crippen LogP contribution >= 0.6 is 46.4 Å². The minimum absolute atomic E-state index is 0.153. The van der Waals surface area contributed by atoms with Crippen LogP contribution in [0.1, 0.15) is 71.3 Å². The molecule has 276 valence electrons. The zero-order valence-electron chi connectivity index (χ0n) is 27.9. The predicted molar refractivity (Wildman–Crippen MR) is 193 cm³/mol. The molecule has 3 aromatic heterocycles. The van der Waals surface area contributed by atoms with Gasteiger partial charge in [0.1, 0.15) is 17.5 Å². The number of aromatic nitrogens is 6. The van der Waals surface area contributed by atoms with E-state index in [1.54, 1.807) is 6.07 Å². The Bertz CT molecular complexity index is 1830. The molecule has 0 aliphatic heterocycles. The van der Waals surface area contributed by atoms with Gasteiger partial charge in [-0.2, -0.15) is 0 Å². The molecule has 0 saturated carbocycles. The molecule has 52 heavy (non-hydrogen) atoms. The molecule has 9 nitrogen and oxygen atoms in total. The summed E-state index contributed by atoms with van der Waals surface area (Å²) in [6, 6.07) is 17.7. The molecule has 0 saturated heterocycles. The summed E-state index contributed by atoms with van der Waals surface area (Å²) < 4.78 is 55.3. The Hall–Kier alpha value is -3.97. The number of benzene rings is 3. The van der Waals surface area contributed by atoms with E-state index in [4.69, 9.17) is 59.7 Å². The Morgan fingerprint density at radius 2 is 0.904 bits per heavy atom. The van der Waals surface area contributed by atoms with E-state index in [0.29, 0.717) is 89.3 Å². The Balaban J connectivity index is 0.000000175. The van der Waals surface area contributed by atoms with Gasteiger partial charge in [-0.3, -0.25) is 0 Å². The molecule has 0 aliphatic rings. The summed E-state index contributed by atoms with van der Waals surface area (Å²) in [5, 5.41) is 23.8. The monoisotopic (exact) mass is 796 g/mol. The zero-order valence-corrected chi connectivity index (χ0v) is 30.9. The summed E-state index contributed by atoms with van der Waals surface area (Å²) in [5.41, 5.74) is 2.25. The van der Waals surface area contributed by atoms with Gasteiger partial charge in [-0.05, 0) is 54.2 Å². The predicted octanol–water partition coefficient (Wildman–Crippen LogP) is 9.57. The van der Waals surface area contributed by atoms with Crippen LogP contribution in [0.4, 0.5) is 13.2 Å². The maximum atomic E-state index is 13.4. The Kier molecular flexibility index (Phi) is 17.4. The van der Waals surface area contributed by atoms with Crippen molar-refractivity contribution in [1.82, 2.24) is 30.6 Å². The molecule has 0 spiro atoms. The van der Waals surface area contributed by atoms with Crippen LogP contribution in [0.2, 0.25) is 5.02 Å². The fourth-order valence-corrected chi connectivity index (χ4v) is 5.10. The Labute approximate surface area is 318 Å². The van der Waals surface area contributed by atoms with Crippen LogP contribution in [-0.2, 0) is 38.5 Å². The van der Waals surface area contributed by atoms with E-state index >= 15 is 0 Å². The molecule has 3 aromatic carbocycles. The van der Waals surface area contributed by atoms with Gasteiger partial charge in [-0.25, -0.2) is 13.2 Å². The zero-order chi connectivity index (χ0) is 37.1. The van der Waals surface area contributed by atoms with E-state index in [9.17, 15) is 13.2 Å². The molecule has 6 rings (SSSR count). The number of rotatable bonds is 15. The maximum Gasteiger partial charge on any atom is 0.221 e. The van der Waals surface area contributed by atoms with E-state index in [1.165, 1.54) is 29.8 Å². The van der Waals surface area contributed by atoms with E-state index < -0.39 is 11.6 Å². The van der Waals surface area contributed by atoms with Crippen LogP contribution in [0, 0.1) is 17.5 Å². The van der Waals surface area contributed by atoms with Crippen LogP contribution in [-0.4, -0.2) is 48.2 Å². The van der Waals surface area contributed by atoms with Crippen molar-refractivity contribution in [1.29, 1.82) is 0 Å². The van der Waals surface area contributed by atoms with Gasteiger partial charge in [0.2, 0.25) is 35.3 Å². The third-order valence-electron chi connectivity index (χ3n) is 7.01. The topological polar surface area (TPSA) is 117 Å². The highest BCUT2D eigenvalue weighted by atomic mass is 35.5. The second-order valence-electron chi connectivity index (χ2n) is 11.1. The molecule has 0 N–H and O–H groups in total. The van der Waals surface area contributed by atoms with Gasteiger partial charge >= 0.3 is 0 Å². The third kappa shape index (κ3) is 14.2. The van der Waals surface area contributed by atoms with Crippen molar-refractivity contribution in [3.63, 3.8) is 0 Å². The van der Waals surface area contributed by atoms with Crippen molar-refractivity contribution in [2.45, 2.75) is 57.8 Å². The average molecular weight is 799 g/mol. The van der Waals surface area contributed by atoms with Gasteiger partial charge in [0.05, 0.1) is 19.3 Å². The van der Waals surface area contributed by atoms with E-state index in [2.05, 4.69) is 30.6 Å². The molecule has 6 aromatic rings. The first kappa shape index (κ1) is 40.8. The van der Waals surface area contributed by atoms with Crippen LogP contribution in [0.15, 0.2) is 80.0 Å². The number of halogens is 7. The maximum absolute atomic E-state index is 13.4. The summed E-state index contributed by atoms with van der Waals surface area (Å²) in [7, 11) is 0. The molecule has 0 atom stereocenters. The normalized spacial score (nSPS) is 10.8. The molecule has 0 radical (unpaired) electrons. The lowest BCUT2D eigenvalue weighted by atomic mass is 10.1. The van der Waals surface area contributed by atoms with Gasteiger partial charge < -0.3 is 13.3 Å². The minimum atomic E-state index is -0.615. The van der Waals surface area contributed by atoms with Gasteiger partial charge in [-0.15, -0.1) is 65.4 Å². The van der Waals surface area contributed by atoms with Gasteiger partial charge in [0.25, 0.3) is 0 Å². The number of hydrogen-bond donors (Lipinski definition) is 0. The highest BCUT2D eigenvalue weighted by Crippen LogP contribution is 2.20.